The molecular formula is C20H24N4O2. The largest absolute Gasteiger partial charge is 0.398 e. The number of nitrogens with one attached hydrogen (secondary N) is 2. The SMILES string of the molecule is Nc1ccccc1C(=O)NC1(NC(=O)c2ccccc2N)CCCCC1. The van der Waals surface area contributed by atoms with Crippen molar-refractivity contribution in [3.63, 3.8) is 0 Å². The number of benzene rings is 2. The number of hydrogen-bond acceptors (Lipinski definition) is 4. The molecule has 0 unspecified atom stereocenters. The maximum atomic E-state index is 12.8. The Morgan fingerprint density at radius 1 is 0.731 bits per heavy atom. The first-order chi connectivity index (χ1) is 12.5. The number of para-hydroxylation sites is 2. The van der Waals surface area contributed by atoms with Crippen LogP contribution >= 0.6 is 0 Å². The van der Waals surface area contributed by atoms with Gasteiger partial charge in [0, 0.05) is 11.4 Å². The third kappa shape index (κ3) is 3.79. The third-order valence-electron chi connectivity index (χ3n) is 4.82. The normalized spacial score (nSPS) is 15.8. The fourth-order valence-electron chi connectivity index (χ4n) is 3.41. The van der Waals surface area contributed by atoms with Crippen molar-refractivity contribution in [2.24, 2.45) is 0 Å². The van der Waals surface area contributed by atoms with Gasteiger partial charge >= 0.3 is 0 Å². The van der Waals surface area contributed by atoms with Crippen LogP contribution in [0.1, 0.15) is 52.8 Å². The monoisotopic (exact) mass is 352 g/mol. The Morgan fingerprint density at radius 3 is 1.58 bits per heavy atom. The molecule has 0 bridgehead atoms. The molecule has 0 saturated heterocycles. The summed E-state index contributed by atoms with van der Waals surface area (Å²) in [6.45, 7) is 0. The van der Waals surface area contributed by atoms with Crippen molar-refractivity contribution in [3.8, 4) is 0 Å². The second-order valence-electron chi connectivity index (χ2n) is 6.73. The lowest BCUT2D eigenvalue weighted by atomic mass is 9.88. The van der Waals surface area contributed by atoms with E-state index in [0.29, 0.717) is 35.3 Å². The van der Waals surface area contributed by atoms with Crippen molar-refractivity contribution >= 4 is 23.2 Å². The molecule has 2 aromatic rings. The Labute approximate surface area is 153 Å². The van der Waals surface area contributed by atoms with Gasteiger partial charge in [0.1, 0.15) is 5.66 Å². The molecule has 1 aliphatic carbocycles. The van der Waals surface area contributed by atoms with Gasteiger partial charge in [-0.15, -0.1) is 0 Å². The van der Waals surface area contributed by atoms with Gasteiger partial charge in [0.2, 0.25) is 0 Å². The van der Waals surface area contributed by atoms with Gasteiger partial charge in [-0.3, -0.25) is 9.59 Å². The molecule has 0 radical (unpaired) electrons. The maximum Gasteiger partial charge on any atom is 0.255 e. The Morgan fingerprint density at radius 2 is 1.15 bits per heavy atom. The molecule has 6 N–H and O–H groups in total. The highest BCUT2D eigenvalue weighted by Gasteiger charge is 2.36. The predicted molar refractivity (Wildman–Crippen MR) is 102 cm³/mol. The Kier molecular flexibility index (Phi) is 5.11. The van der Waals surface area contributed by atoms with Gasteiger partial charge in [0.15, 0.2) is 0 Å². The van der Waals surface area contributed by atoms with Gasteiger partial charge in [0.05, 0.1) is 11.1 Å². The minimum atomic E-state index is -0.795. The molecule has 2 amide bonds. The molecule has 0 aliphatic heterocycles. The minimum Gasteiger partial charge on any atom is -0.398 e. The van der Waals surface area contributed by atoms with Crippen LogP contribution in [0.5, 0.6) is 0 Å². The van der Waals surface area contributed by atoms with E-state index in [-0.39, 0.29) is 11.8 Å². The molecule has 1 fully saturated rings. The topological polar surface area (TPSA) is 110 Å². The molecule has 0 heterocycles. The molecule has 0 aromatic heterocycles. The van der Waals surface area contributed by atoms with Crippen LogP contribution in [0.15, 0.2) is 48.5 Å². The van der Waals surface area contributed by atoms with E-state index in [0.717, 1.165) is 19.3 Å². The number of carbonyl (C=O) groups is 2. The molecular weight excluding hydrogens is 328 g/mol. The van der Waals surface area contributed by atoms with Crippen LogP contribution in [0, 0.1) is 0 Å². The van der Waals surface area contributed by atoms with Crippen molar-refractivity contribution < 1.29 is 9.59 Å². The lowest BCUT2D eigenvalue weighted by Gasteiger charge is -2.39. The highest BCUT2D eigenvalue weighted by atomic mass is 16.2. The predicted octanol–water partition coefficient (Wildman–Crippen LogP) is 2.67. The molecule has 0 atom stereocenters. The molecule has 0 spiro atoms. The van der Waals surface area contributed by atoms with Crippen LogP contribution in [0.3, 0.4) is 0 Å². The number of nitrogen functional groups attached to an aromatic ring is 2. The van der Waals surface area contributed by atoms with Crippen LogP contribution in [0.2, 0.25) is 0 Å². The average Bonchev–Trinajstić information content (AvgIpc) is 2.63. The van der Waals surface area contributed by atoms with Gasteiger partial charge in [-0.1, -0.05) is 30.7 Å². The third-order valence-corrected chi connectivity index (χ3v) is 4.82. The summed E-state index contributed by atoms with van der Waals surface area (Å²) in [5, 5.41) is 6.04. The Hall–Kier alpha value is -3.02. The van der Waals surface area contributed by atoms with Crippen molar-refractivity contribution in [3.05, 3.63) is 59.7 Å². The summed E-state index contributed by atoms with van der Waals surface area (Å²) < 4.78 is 0. The van der Waals surface area contributed by atoms with Crippen LogP contribution in [-0.2, 0) is 0 Å². The van der Waals surface area contributed by atoms with E-state index in [1.165, 1.54) is 0 Å². The summed E-state index contributed by atoms with van der Waals surface area (Å²) in [4.78, 5) is 25.5. The first kappa shape index (κ1) is 17.8. The quantitative estimate of drug-likeness (QED) is 0.501. The van der Waals surface area contributed by atoms with Crippen molar-refractivity contribution in [1.29, 1.82) is 0 Å². The van der Waals surface area contributed by atoms with E-state index in [1.807, 2.05) is 0 Å². The van der Waals surface area contributed by atoms with Gasteiger partial charge in [0.25, 0.3) is 11.8 Å². The van der Waals surface area contributed by atoms with E-state index in [9.17, 15) is 9.59 Å². The summed E-state index contributed by atoms with van der Waals surface area (Å²) in [7, 11) is 0. The highest BCUT2D eigenvalue weighted by molar-refractivity contribution is 6.01. The number of nitrogens with two attached hydrogens (primary N) is 2. The zero-order chi connectivity index (χ0) is 18.6. The smallest absolute Gasteiger partial charge is 0.255 e. The molecule has 1 aliphatic rings. The zero-order valence-electron chi connectivity index (χ0n) is 14.6. The molecule has 3 rings (SSSR count). The molecule has 26 heavy (non-hydrogen) atoms. The molecule has 2 aromatic carbocycles. The van der Waals surface area contributed by atoms with Gasteiger partial charge in [-0.25, -0.2) is 0 Å². The standard InChI is InChI=1S/C20H24N4O2/c21-16-10-4-2-8-14(16)18(25)23-20(12-6-1-7-13-20)24-19(26)15-9-3-5-11-17(15)22/h2-5,8-11H,1,6-7,12-13,21-22H2,(H,23,25)(H,24,26). The van der Waals surface area contributed by atoms with Crippen LogP contribution in [0.4, 0.5) is 11.4 Å². The Balaban J connectivity index is 1.83. The van der Waals surface area contributed by atoms with E-state index < -0.39 is 5.66 Å². The summed E-state index contributed by atoms with van der Waals surface area (Å²) in [6, 6.07) is 13.8. The molecule has 136 valence electrons. The van der Waals surface area contributed by atoms with Crippen LogP contribution < -0.4 is 22.1 Å². The second kappa shape index (κ2) is 7.47. The van der Waals surface area contributed by atoms with Gasteiger partial charge < -0.3 is 22.1 Å². The number of amides is 2. The Bertz CT molecular complexity index is 751. The van der Waals surface area contributed by atoms with Gasteiger partial charge in [-0.2, -0.15) is 0 Å². The van der Waals surface area contributed by atoms with E-state index in [2.05, 4.69) is 10.6 Å². The summed E-state index contributed by atoms with van der Waals surface area (Å²) in [5.74, 6) is -0.572. The lowest BCUT2D eigenvalue weighted by molar-refractivity contribution is 0.0746. The fraction of sp³-hybridized carbons (Fsp3) is 0.300. The average molecular weight is 352 g/mol. The van der Waals surface area contributed by atoms with E-state index in [1.54, 1.807) is 48.5 Å². The maximum absolute atomic E-state index is 12.8. The highest BCUT2D eigenvalue weighted by Crippen LogP contribution is 2.27. The first-order valence-electron chi connectivity index (χ1n) is 8.85. The van der Waals surface area contributed by atoms with Crippen LogP contribution in [0.25, 0.3) is 0 Å². The van der Waals surface area contributed by atoms with E-state index in [4.69, 9.17) is 11.5 Å². The van der Waals surface area contributed by atoms with Crippen molar-refractivity contribution in [2.75, 3.05) is 11.5 Å². The number of rotatable bonds is 4. The van der Waals surface area contributed by atoms with Crippen LogP contribution in [-0.4, -0.2) is 17.5 Å². The van der Waals surface area contributed by atoms with Crippen molar-refractivity contribution in [2.45, 2.75) is 37.8 Å². The summed E-state index contributed by atoms with van der Waals surface area (Å²) in [6.07, 6.45) is 4.27. The summed E-state index contributed by atoms with van der Waals surface area (Å²) >= 11 is 0. The minimum absolute atomic E-state index is 0.286. The zero-order valence-corrected chi connectivity index (χ0v) is 14.6. The molecule has 6 heteroatoms. The van der Waals surface area contributed by atoms with Crippen molar-refractivity contribution in [1.82, 2.24) is 10.6 Å². The second-order valence-corrected chi connectivity index (χ2v) is 6.73. The van der Waals surface area contributed by atoms with E-state index >= 15 is 0 Å². The fourth-order valence-corrected chi connectivity index (χ4v) is 3.41. The first-order valence-corrected chi connectivity index (χ1v) is 8.85. The molecule has 1 saturated carbocycles. The number of carbonyl (C=O) groups excluding carboxylic acids is 2. The number of hydrogen-bond donors (Lipinski definition) is 4. The summed E-state index contributed by atoms with van der Waals surface area (Å²) in [5.41, 5.74) is 12.7. The van der Waals surface area contributed by atoms with Gasteiger partial charge in [-0.05, 0) is 49.9 Å². The molecule has 6 nitrogen and oxygen atoms in total. The number of anilines is 2. The lowest BCUT2D eigenvalue weighted by Crippen LogP contribution is -2.61.